The fourth-order valence-corrected chi connectivity index (χ4v) is 4.89. The summed E-state index contributed by atoms with van der Waals surface area (Å²) in [5.41, 5.74) is 9.57. The second-order valence-electron chi connectivity index (χ2n) is 7.55. The smallest absolute Gasteiger partial charge is 0.169 e. The number of phenolic OH excluding ortho intramolecular Hbond substituents is 1. The van der Waals surface area contributed by atoms with Crippen molar-refractivity contribution in [2.24, 2.45) is 0 Å². The number of nitrogen functional groups attached to an aromatic ring is 1. The predicted molar refractivity (Wildman–Crippen MR) is 117 cm³/mol. The number of aromatic nitrogens is 3. The van der Waals surface area contributed by atoms with Gasteiger partial charge >= 0.3 is 0 Å². The van der Waals surface area contributed by atoms with Crippen molar-refractivity contribution in [1.29, 1.82) is 0 Å². The second-order valence-corrected chi connectivity index (χ2v) is 8.36. The van der Waals surface area contributed by atoms with E-state index < -0.39 is 0 Å². The highest BCUT2D eigenvalue weighted by Gasteiger charge is 2.40. The zero-order valence-electron chi connectivity index (χ0n) is 15.7. The van der Waals surface area contributed by atoms with Crippen molar-refractivity contribution in [2.75, 3.05) is 28.6 Å². The van der Waals surface area contributed by atoms with Crippen LogP contribution in [-0.4, -0.2) is 45.5 Å². The number of hydrogen-bond donors (Lipinski definition) is 2. The number of pyridine rings is 1. The molecule has 2 aliphatic rings. The van der Waals surface area contributed by atoms with Crippen molar-refractivity contribution < 1.29 is 5.11 Å². The van der Waals surface area contributed by atoms with Crippen LogP contribution in [0.15, 0.2) is 53.3 Å². The topological polar surface area (TPSA) is 91.4 Å². The van der Waals surface area contributed by atoms with E-state index >= 15 is 0 Å². The van der Waals surface area contributed by atoms with Gasteiger partial charge in [-0.15, -0.1) is 10.2 Å². The molecule has 148 valence electrons. The molecule has 2 aliphatic heterocycles. The summed E-state index contributed by atoms with van der Waals surface area (Å²) in [6, 6.07) is 14.1. The second kappa shape index (κ2) is 7.18. The van der Waals surface area contributed by atoms with Crippen LogP contribution < -0.4 is 15.5 Å². The van der Waals surface area contributed by atoms with Gasteiger partial charge in [0, 0.05) is 42.6 Å². The molecule has 1 aromatic carbocycles. The number of halogens is 1. The molecule has 5 rings (SSSR count). The molecule has 0 aliphatic carbocycles. The minimum atomic E-state index is 0.186. The van der Waals surface area contributed by atoms with Crippen molar-refractivity contribution in [3.05, 3.63) is 53.3 Å². The van der Waals surface area contributed by atoms with E-state index in [-0.39, 0.29) is 5.75 Å². The van der Waals surface area contributed by atoms with Crippen LogP contribution in [0.4, 0.5) is 17.2 Å². The largest absolute Gasteiger partial charge is 0.507 e. The molecule has 29 heavy (non-hydrogen) atoms. The van der Waals surface area contributed by atoms with E-state index in [9.17, 15) is 5.11 Å². The van der Waals surface area contributed by atoms with Gasteiger partial charge in [-0.05, 0) is 59.1 Å². The van der Waals surface area contributed by atoms with Gasteiger partial charge in [0.25, 0.3) is 0 Å². The number of hydrogen-bond acceptors (Lipinski definition) is 7. The lowest BCUT2D eigenvalue weighted by Crippen LogP contribution is -2.54. The predicted octanol–water partition coefficient (Wildman–Crippen LogP) is 3.45. The summed E-state index contributed by atoms with van der Waals surface area (Å²) in [5.74, 6) is 0.606. The highest BCUT2D eigenvalue weighted by atomic mass is 79.9. The van der Waals surface area contributed by atoms with Crippen molar-refractivity contribution in [3.8, 4) is 17.0 Å². The van der Waals surface area contributed by atoms with Gasteiger partial charge in [-0.1, -0.05) is 12.1 Å². The third-order valence-electron chi connectivity index (χ3n) is 5.81. The molecule has 7 nitrogen and oxygen atoms in total. The van der Waals surface area contributed by atoms with Crippen LogP contribution in [0.25, 0.3) is 11.3 Å². The van der Waals surface area contributed by atoms with Gasteiger partial charge in [-0.25, -0.2) is 4.98 Å². The van der Waals surface area contributed by atoms with E-state index in [1.54, 1.807) is 12.1 Å². The third kappa shape index (κ3) is 3.27. The highest BCUT2D eigenvalue weighted by molar-refractivity contribution is 9.10. The molecule has 2 bridgehead atoms. The van der Waals surface area contributed by atoms with Crippen LogP contribution in [0.3, 0.4) is 0 Å². The molecule has 0 radical (unpaired) electrons. The van der Waals surface area contributed by atoms with Crippen molar-refractivity contribution in [3.63, 3.8) is 0 Å². The number of para-hydroxylation sites is 1. The van der Waals surface area contributed by atoms with Crippen molar-refractivity contribution >= 4 is 33.1 Å². The Morgan fingerprint density at radius 1 is 1.03 bits per heavy atom. The fourth-order valence-electron chi connectivity index (χ4n) is 4.54. The summed E-state index contributed by atoms with van der Waals surface area (Å²) >= 11 is 3.48. The average Bonchev–Trinajstić information content (AvgIpc) is 2.98. The lowest BCUT2D eigenvalue weighted by atomic mass is 10.1. The first-order chi connectivity index (χ1) is 14.1. The standard InChI is InChI=1S/C21H21BrN6O/c22-20-9-13(7-8-24-20)28-14-5-6-15(28)12-27(11-14)18-10-17(25-26-21(18)23)16-3-1-2-4-19(16)29/h1-4,7-10,14-15,29H,5-6,11-12H2,(H2,23,26)/t14-,15+. The summed E-state index contributed by atoms with van der Waals surface area (Å²) in [7, 11) is 0. The number of aromatic hydroxyl groups is 1. The zero-order valence-corrected chi connectivity index (χ0v) is 17.3. The molecule has 0 unspecified atom stereocenters. The molecule has 2 atom stereocenters. The van der Waals surface area contributed by atoms with Crippen LogP contribution in [0.2, 0.25) is 0 Å². The van der Waals surface area contributed by atoms with E-state index in [4.69, 9.17) is 5.73 Å². The third-order valence-corrected chi connectivity index (χ3v) is 6.25. The van der Waals surface area contributed by atoms with E-state index in [1.807, 2.05) is 24.4 Å². The average molecular weight is 453 g/mol. The van der Waals surface area contributed by atoms with Crippen LogP contribution in [-0.2, 0) is 0 Å². The molecule has 0 amide bonds. The van der Waals surface area contributed by atoms with Crippen molar-refractivity contribution in [1.82, 2.24) is 15.2 Å². The van der Waals surface area contributed by atoms with Crippen LogP contribution >= 0.6 is 15.9 Å². The van der Waals surface area contributed by atoms with Gasteiger partial charge in [0.05, 0.1) is 11.4 Å². The summed E-state index contributed by atoms with van der Waals surface area (Å²) in [6.07, 6.45) is 4.13. The first-order valence-corrected chi connectivity index (χ1v) is 10.5. The fraction of sp³-hybridized carbons (Fsp3) is 0.286. The minimum absolute atomic E-state index is 0.186. The Balaban J connectivity index is 1.45. The molecule has 8 heteroatoms. The number of rotatable bonds is 3. The number of piperazine rings is 1. The minimum Gasteiger partial charge on any atom is -0.507 e. The molecule has 2 aromatic heterocycles. The highest BCUT2D eigenvalue weighted by Crippen LogP contribution is 2.39. The molecule has 3 aromatic rings. The maximum atomic E-state index is 10.2. The van der Waals surface area contributed by atoms with Gasteiger partial charge < -0.3 is 20.6 Å². The normalized spacial score (nSPS) is 20.9. The molecule has 0 spiro atoms. The lowest BCUT2D eigenvalue weighted by Gasteiger charge is -2.43. The van der Waals surface area contributed by atoms with Gasteiger partial charge in [0.1, 0.15) is 10.4 Å². The maximum absolute atomic E-state index is 10.2. The van der Waals surface area contributed by atoms with Crippen LogP contribution in [0.1, 0.15) is 12.8 Å². The Kier molecular flexibility index (Phi) is 4.50. The van der Waals surface area contributed by atoms with Gasteiger partial charge in [0.15, 0.2) is 5.82 Å². The van der Waals surface area contributed by atoms with Gasteiger partial charge in [0.2, 0.25) is 0 Å². The molecule has 2 fully saturated rings. The Hall–Kier alpha value is -2.87. The Labute approximate surface area is 177 Å². The number of benzene rings is 1. The number of nitrogens with zero attached hydrogens (tertiary/aromatic N) is 5. The van der Waals surface area contributed by atoms with E-state index in [0.29, 0.717) is 29.2 Å². The lowest BCUT2D eigenvalue weighted by molar-refractivity contribution is 0.477. The monoisotopic (exact) mass is 452 g/mol. The summed E-state index contributed by atoms with van der Waals surface area (Å²) in [4.78, 5) is 9.07. The first-order valence-electron chi connectivity index (χ1n) is 9.66. The molecule has 4 heterocycles. The van der Waals surface area contributed by atoms with E-state index in [0.717, 1.165) is 36.2 Å². The molecule has 0 saturated carbocycles. The Bertz CT molecular complexity index is 1050. The number of phenols is 1. The molecule has 2 saturated heterocycles. The summed E-state index contributed by atoms with van der Waals surface area (Å²) in [5, 5.41) is 18.6. The Morgan fingerprint density at radius 2 is 1.79 bits per heavy atom. The summed E-state index contributed by atoms with van der Waals surface area (Å²) in [6.45, 7) is 1.74. The number of fused-ring (bicyclic) bond motifs is 2. The SMILES string of the molecule is Nc1nnc(-c2ccccc2O)cc1N1C[C@H]2CC[C@@H](C1)N2c1ccnc(Br)c1. The molecule has 3 N–H and O–H groups in total. The van der Waals surface area contributed by atoms with Gasteiger partial charge in [-0.3, -0.25) is 0 Å². The first kappa shape index (κ1) is 18.2. The maximum Gasteiger partial charge on any atom is 0.169 e. The zero-order chi connectivity index (χ0) is 20.0. The van der Waals surface area contributed by atoms with Crippen LogP contribution in [0, 0.1) is 0 Å². The van der Waals surface area contributed by atoms with E-state index in [1.165, 1.54) is 5.69 Å². The van der Waals surface area contributed by atoms with Gasteiger partial charge in [-0.2, -0.15) is 0 Å². The van der Waals surface area contributed by atoms with E-state index in [2.05, 4.69) is 53.0 Å². The van der Waals surface area contributed by atoms with Crippen LogP contribution in [0.5, 0.6) is 5.75 Å². The number of anilines is 3. The molecular weight excluding hydrogens is 432 g/mol. The molecular formula is C21H21BrN6O. The number of nitrogens with two attached hydrogens (primary N) is 1. The quantitative estimate of drug-likeness (QED) is 0.587. The summed E-state index contributed by atoms with van der Waals surface area (Å²) < 4.78 is 0.853. The Morgan fingerprint density at radius 3 is 2.52 bits per heavy atom. The van der Waals surface area contributed by atoms with Crippen molar-refractivity contribution in [2.45, 2.75) is 24.9 Å².